The number of anilines is 2. The number of fused-ring (bicyclic) bond motifs is 1. The molecule has 0 saturated heterocycles. The number of benzene rings is 3. The van der Waals surface area contributed by atoms with Gasteiger partial charge in [-0.1, -0.05) is 55.3 Å². The number of hydrogen-bond acceptors (Lipinski definition) is 6. The number of sulfonamides is 1. The summed E-state index contributed by atoms with van der Waals surface area (Å²) in [4.78, 5) is 16.9. The molecule has 0 bridgehead atoms. The third kappa shape index (κ3) is 5.12. The number of phenols is 1. The normalized spacial score (nSPS) is 11.1. The fraction of sp³-hybridized carbons (Fsp3) is 0.0370. The van der Waals surface area contributed by atoms with Crippen LogP contribution in [0.1, 0.15) is 18.1 Å². The number of rotatable bonds is 8. The van der Waals surface area contributed by atoms with Crippen LogP contribution in [0, 0.1) is 0 Å². The summed E-state index contributed by atoms with van der Waals surface area (Å²) in [6, 6.07) is 16.9. The molecule has 1 heterocycles. The van der Waals surface area contributed by atoms with Crippen LogP contribution in [0.5, 0.6) is 5.75 Å². The monoisotopic (exact) mass is 517 g/mol. The van der Waals surface area contributed by atoms with Crippen LogP contribution in [0.25, 0.3) is 23.1 Å². The van der Waals surface area contributed by atoms with Crippen molar-refractivity contribution in [3.05, 3.63) is 91.1 Å². The smallest absolute Gasteiger partial charge is 0.261 e. The van der Waals surface area contributed by atoms with Gasteiger partial charge in [-0.15, -0.1) is 0 Å². The van der Waals surface area contributed by atoms with Crippen molar-refractivity contribution in [2.75, 3.05) is 10.0 Å². The number of amides is 1. The highest BCUT2D eigenvalue weighted by atomic mass is 32.2. The SMILES string of the molecule is C=Cc1c(NS(=O)(=O)c2ccc(NC(C)=O)cc2)cc(Sc2cccc3cccnc23)c(O)c1C=C. The first-order valence-corrected chi connectivity index (χ1v) is 13.1. The molecule has 182 valence electrons. The zero-order valence-electron chi connectivity index (χ0n) is 19.4. The minimum Gasteiger partial charge on any atom is -0.506 e. The average Bonchev–Trinajstić information content (AvgIpc) is 2.85. The maximum absolute atomic E-state index is 13.2. The molecule has 4 rings (SSSR count). The number of nitrogens with one attached hydrogen (secondary N) is 2. The number of phenolic OH excluding ortho intramolecular Hbond substituents is 1. The molecule has 0 fully saturated rings. The van der Waals surface area contributed by atoms with Crippen molar-refractivity contribution < 1.29 is 18.3 Å². The van der Waals surface area contributed by atoms with E-state index in [1.54, 1.807) is 12.3 Å². The molecule has 0 aliphatic rings. The molecule has 3 N–H and O–H groups in total. The van der Waals surface area contributed by atoms with E-state index < -0.39 is 10.0 Å². The van der Waals surface area contributed by atoms with Crippen molar-refractivity contribution in [2.45, 2.75) is 21.6 Å². The van der Waals surface area contributed by atoms with Gasteiger partial charge in [-0.25, -0.2) is 8.42 Å². The highest BCUT2D eigenvalue weighted by molar-refractivity contribution is 7.99. The molecule has 0 radical (unpaired) electrons. The number of aromatic nitrogens is 1. The van der Waals surface area contributed by atoms with Crippen LogP contribution in [0.4, 0.5) is 11.4 Å². The molecular weight excluding hydrogens is 494 g/mol. The summed E-state index contributed by atoms with van der Waals surface area (Å²) in [5.74, 6) is -0.299. The Balaban J connectivity index is 1.76. The highest BCUT2D eigenvalue weighted by Crippen LogP contribution is 2.44. The van der Waals surface area contributed by atoms with Gasteiger partial charge in [0.25, 0.3) is 10.0 Å². The molecule has 0 aliphatic carbocycles. The summed E-state index contributed by atoms with van der Waals surface area (Å²) < 4.78 is 29.0. The lowest BCUT2D eigenvalue weighted by Gasteiger charge is -2.17. The van der Waals surface area contributed by atoms with E-state index >= 15 is 0 Å². The van der Waals surface area contributed by atoms with Gasteiger partial charge in [-0.2, -0.15) is 0 Å². The van der Waals surface area contributed by atoms with Crippen LogP contribution in [0.3, 0.4) is 0 Å². The van der Waals surface area contributed by atoms with Gasteiger partial charge in [0.2, 0.25) is 5.91 Å². The molecule has 0 saturated carbocycles. The lowest BCUT2D eigenvalue weighted by molar-refractivity contribution is -0.114. The number of pyridine rings is 1. The Hall–Kier alpha value is -4.08. The number of aromatic hydroxyl groups is 1. The van der Waals surface area contributed by atoms with Crippen LogP contribution in [0.2, 0.25) is 0 Å². The second-order valence-electron chi connectivity index (χ2n) is 7.75. The molecule has 1 aromatic heterocycles. The van der Waals surface area contributed by atoms with Gasteiger partial charge in [0.1, 0.15) is 5.75 Å². The Kier molecular flexibility index (Phi) is 7.14. The molecule has 0 aliphatic heterocycles. The zero-order chi connectivity index (χ0) is 25.9. The maximum atomic E-state index is 13.2. The van der Waals surface area contributed by atoms with Crippen LogP contribution in [0.15, 0.2) is 94.7 Å². The van der Waals surface area contributed by atoms with Crippen LogP contribution in [-0.2, 0) is 14.8 Å². The lowest BCUT2D eigenvalue weighted by atomic mass is 10.0. The van der Waals surface area contributed by atoms with Gasteiger partial charge in [-0.05, 0) is 42.5 Å². The number of carbonyl (C=O) groups excluding carboxylic acids is 1. The molecule has 3 aromatic carbocycles. The van der Waals surface area contributed by atoms with E-state index in [0.29, 0.717) is 21.7 Å². The van der Waals surface area contributed by atoms with E-state index in [1.807, 2.05) is 30.3 Å². The number of carbonyl (C=O) groups is 1. The number of nitrogens with zero attached hydrogens (tertiary/aromatic N) is 1. The minimum atomic E-state index is -4.00. The Morgan fingerprint density at radius 2 is 1.69 bits per heavy atom. The molecule has 0 spiro atoms. The maximum Gasteiger partial charge on any atom is 0.261 e. The summed E-state index contributed by atoms with van der Waals surface area (Å²) in [6.45, 7) is 8.94. The molecule has 0 unspecified atom stereocenters. The molecule has 9 heteroatoms. The van der Waals surface area contributed by atoms with Gasteiger partial charge in [0.05, 0.1) is 21.0 Å². The molecule has 1 amide bonds. The van der Waals surface area contributed by atoms with E-state index in [0.717, 1.165) is 15.8 Å². The third-order valence-electron chi connectivity index (χ3n) is 5.30. The Morgan fingerprint density at radius 1 is 1.00 bits per heavy atom. The quantitative estimate of drug-likeness (QED) is 0.242. The van der Waals surface area contributed by atoms with E-state index in [9.17, 15) is 18.3 Å². The standard InChI is InChI=1S/C27H23N3O4S2/c1-4-21-22(5-2)27(32)25(35-24-10-6-8-18-9-7-15-28-26(18)24)16-23(21)30-36(33,34)20-13-11-19(12-14-20)29-17(3)31/h4-16,30,32H,1-2H2,3H3,(H,29,31). The second-order valence-corrected chi connectivity index (χ2v) is 10.5. The Bertz CT molecular complexity index is 1590. The largest absolute Gasteiger partial charge is 0.506 e. The summed E-state index contributed by atoms with van der Waals surface area (Å²) in [7, 11) is -4.00. The van der Waals surface area contributed by atoms with Crippen molar-refractivity contribution in [2.24, 2.45) is 0 Å². The second kappa shape index (κ2) is 10.3. The number of para-hydroxylation sites is 1. The van der Waals surface area contributed by atoms with Gasteiger partial charge < -0.3 is 10.4 Å². The Labute approximate surface area is 213 Å². The fourth-order valence-electron chi connectivity index (χ4n) is 3.67. The summed E-state index contributed by atoms with van der Waals surface area (Å²) >= 11 is 1.27. The predicted octanol–water partition coefficient (Wildman–Crippen LogP) is 6.14. The van der Waals surface area contributed by atoms with Crippen LogP contribution in [-0.4, -0.2) is 24.4 Å². The van der Waals surface area contributed by atoms with E-state index in [-0.39, 0.29) is 22.2 Å². The molecule has 36 heavy (non-hydrogen) atoms. The summed E-state index contributed by atoms with van der Waals surface area (Å²) in [5, 5.41) is 14.5. The molecule has 0 atom stereocenters. The molecule has 7 nitrogen and oxygen atoms in total. The predicted molar refractivity (Wildman–Crippen MR) is 146 cm³/mol. The summed E-state index contributed by atoms with van der Waals surface area (Å²) in [6.07, 6.45) is 4.61. The highest BCUT2D eigenvalue weighted by Gasteiger charge is 2.21. The first-order chi connectivity index (χ1) is 17.2. The fourth-order valence-corrected chi connectivity index (χ4v) is 5.78. The zero-order valence-corrected chi connectivity index (χ0v) is 21.0. The van der Waals surface area contributed by atoms with Crippen molar-refractivity contribution in [1.82, 2.24) is 4.98 Å². The van der Waals surface area contributed by atoms with Crippen molar-refractivity contribution in [1.29, 1.82) is 0 Å². The summed E-state index contributed by atoms with van der Waals surface area (Å²) in [5.41, 5.74) is 2.22. The van der Waals surface area contributed by atoms with Gasteiger partial charge in [0.15, 0.2) is 0 Å². The Morgan fingerprint density at radius 3 is 2.36 bits per heavy atom. The van der Waals surface area contributed by atoms with Gasteiger partial charge in [-0.3, -0.25) is 14.5 Å². The van der Waals surface area contributed by atoms with E-state index in [4.69, 9.17) is 0 Å². The molecule has 4 aromatic rings. The third-order valence-corrected chi connectivity index (χ3v) is 7.76. The average molecular weight is 518 g/mol. The van der Waals surface area contributed by atoms with E-state index in [1.165, 1.54) is 55.1 Å². The van der Waals surface area contributed by atoms with Gasteiger partial charge >= 0.3 is 0 Å². The van der Waals surface area contributed by atoms with Crippen LogP contribution >= 0.6 is 11.8 Å². The number of hydrogen-bond donors (Lipinski definition) is 3. The van der Waals surface area contributed by atoms with Crippen molar-refractivity contribution >= 4 is 62.1 Å². The van der Waals surface area contributed by atoms with E-state index in [2.05, 4.69) is 28.2 Å². The van der Waals surface area contributed by atoms with Crippen LogP contribution < -0.4 is 10.0 Å². The first kappa shape index (κ1) is 25.0. The van der Waals surface area contributed by atoms with Gasteiger partial charge in [0, 0.05) is 40.2 Å². The minimum absolute atomic E-state index is 0.00676. The lowest BCUT2D eigenvalue weighted by Crippen LogP contribution is -2.14. The first-order valence-electron chi connectivity index (χ1n) is 10.8. The topological polar surface area (TPSA) is 108 Å². The van der Waals surface area contributed by atoms with Crippen molar-refractivity contribution in [3.8, 4) is 5.75 Å². The van der Waals surface area contributed by atoms with Crippen molar-refractivity contribution in [3.63, 3.8) is 0 Å². The molecular formula is C27H23N3O4S2.